The van der Waals surface area contributed by atoms with Crippen molar-refractivity contribution in [1.29, 1.82) is 0 Å². The van der Waals surface area contributed by atoms with E-state index in [0.29, 0.717) is 18.9 Å². The van der Waals surface area contributed by atoms with Gasteiger partial charge in [-0.05, 0) is 51.7 Å². The van der Waals surface area contributed by atoms with Crippen LogP contribution in [0.4, 0.5) is 0 Å². The molecule has 0 aromatic heterocycles. The van der Waals surface area contributed by atoms with Gasteiger partial charge >= 0.3 is 0 Å². The number of nitrogens with one attached hydrogen (secondary N) is 2. The van der Waals surface area contributed by atoms with Crippen LogP contribution in [0.3, 0.4) is 0 Å². The van der Waals surface area contributed by atoms with Gasteiger partial charge in [0.1, 0.15) is 6.04 Å². The third-order valence-corrected chi connectivity index (χ3v) is 5.29. The highest BCUT2D eigenvalue weighted by Gasteiger charge is 2.22. The minimum Gasteiger partial charge on any atom is -0.368 e. The van der Waals surface area contributed by atoms with Crippen LogP contribution in [0.25, 0.3) is 0 Å². The number of rotatable bonds is 13. The number of carbonyl (C=O) groups excluding carboxylic acids is 3. The Labute approximate surface area is 163 Å². The summed E-state index contributed by atoms with van der Waals surface area (Å²) in [7, 11) is 2.13. The van der Waals surface area contributed by atoms with E-state index in [1.54, 1.807) is 0 Å². The van der Waals surface area contributed by atoms with Crippen molar-refractivity contribution < 1.29 is 14.4 Å². The largest absolute Gasteiger partial charge is 0.368 e. The predicted octanol–water partition coefficient (Wildman–Crippen LogP) is 1.56. The van der Waals surface area contributed by atoms with Crippen LogP contribution in [0.2, 0.25) is 0 Å². The fourth-order valence-corrected chi connectivity index (χ4v) is 3.40. The van der Waals surface area contributed by atoms with Crippen molar-refractivity contribution >= 4 is 17.7 Å². The maximum Gasteiger partial charge on any atom is 0.240 e. The number of piperidine rings is 1. The Morgan fingerprint density at radius 2 is 1.74 bits per heavy atom. The van der Waals surface area contributed by atoms with Crippen LogP contribution in [0, 0.1) is 5.92 Å². The number of primary amides is 1. The molecule has 0 unspecified atom stereocenters. The van der Waals surface area contributed by atoms with Gasteiger partial charge in [-0.1, -0.05) is 32.6 Å². The van der Waals surface area contributed by atoms with Crippen molar-refractivity contribution in [3.63, 3.8) is 0 Å². The SMILES string of the molecule is CCCCCCCC(=O)N[C@H](CC(=O)NCCC1CCN(C)CC1)C(N)=O. The molecule has 1 heterocycles. The maximum absolute atomic E-state index is 12.1. The highest BCUT2D eigenvalue weighted by Crippen LogP contribution is 2.18. The molecule has 1 atom stereocenters. The summed E-state index contributed by atoms with van der Waals surface area (Å²) in [4.78, 5) is 37.9. The van der Waals surface area contributed by atoms with E-state index in [0.717, 1.165) is 58.0 Å². The van der Waals surface area contributed by atoms with Crippen LogP contribution in [0.1, 0.15) is 71.1 Å². The molecule has 0 bridgehead atoms. The highest BCUT2D eigenvalue weighted by molar-refractivity contribution is 5.91. The molecule has 1 aliphatic rings. The van der Waals surface area contributed by atoms with Gasteiger partial charge in [0.25, 0.3) is 0 Å². The average Bonchev–Trinajstić information content (AvgIpc) is 2.62. The lowest BCUT2D eigenvalue weighted by Crippen LogP contribution is -2.47. The Bertz CT molecular complexity index is 462. The molecular weight excluding hydrogens is 344 g/mol. The quantitative estimate of drug-likeness (QED) is 0.420. The van der Waals surface area contributed by atoms with Crippen molar-refractivity contribution in [3.8, 4) is 0 Å². The van der Waals surface area contributed by atoms with E-state index in [4.69, 9.17) is 5.73 Å². The van der Waals surface area contributed by atoms with Gasteiger partial charge in [0, 0.05) is 13.0 Å². The molecule has 1 rings (SSSR count). The third kappa shape index (κ3) is 11.0. The number of nitrogens with two attached hydrogens (primary N) is 1. The lowest BCUT2D eigenvalue weighted by atomic mass is 9.94. The van der Waals surface area contributed by atoms with Gasteiger partial charge in [0.2, 0.25) is 17.7 Å². The Kier molecular flexibility index (Phi) is 11.7. The molecule has 4 N–H and O–H groups in total. The van der Waals surface area contributed by atoms with Crippen molar-refractivity contribution in [2.75, 3.05) is 26.7 Å². The molecule has 0 spiro atoms. The topological polar surface area (TPSA) is 105 Å². The molecule has 0 aromatic carbocycles. The summed E-state index contributed by atoms with van der Waals surface area (Å²) in [5.41, 5.74) is 5.35. The van der Waals surface area contributed by atoms with Crippen LogP contribution < -0.4 is 16.4 Å². The van der Waals surface area contributed by atoms with Crippen molar-refractivity contribution in [3.05, 3.63) is 0 Å². The number of nitrogens with zero attached hydrogens (tertiary/aromatic N) is 1. The Hall–Kier alpha value is -1.63. The van der Waals surface area contributed by atoms with Gasteiger partial charge in [-0.15, -0.1) is 0 Å². The zero-order valence-electron chi connectivity index (χ0n) is 17.1. The number of likely N-dealkylation sites (tertiary alicyclic amines) is 1. The molecule has 1 saturated heterocycles. The third-order valence-electron chi connectivity index (χ3n) is 5.29. The summed E-state index contributed by atoms with van der Waals surface area (Å²) < 4.78 is 0. The molecule has 0 aromatic rings. The smallest absolute Gasteiger partial charge is 0.240 e. The number of amides is 3. The molecule has 0 radical (unpaired) electrons. The summed E-state index contributed by atoms with van der Waals surface area (Å²) >= 11 is 0. The second kappa shape index (κ2) is 13.5. The Balaban J connectivity index is 2.22. The Morgan fingerprint density at radius 3 is 2.37 bits per heavy atom. The van der Waals surface area contributed by atoms with Gasteiger partial charge < -0.3 is 21.3 Å². The van der Waals surface area contributed by atoms with Gasteiger partial charge in [-0.25, -0.2) is 0 Å². The highest BCUT2D eigenvalue weighted by atomic mass is 16.2. The lowest BCUT2D eigenvalue weighted by molar-refractivity contribution is -0.130. The first-order chi connectivity index (χ1) is 12.9. The molecule has 1 aliphatic heterocycles. The average molecular weight is 383 g/mol. The fraction of sp³-hybridized carbons (Fsp3) is 0.850. The molecular formula is C20H38N4O3. The van der Waals surface area contributed by atoms with E-state index < -0.39 is 11.9 Å². The standard InChI is InChI=1S/C20H38N4O3/c1-3-4-5-6-7-8-18(25)23-17(20(21)27)15-19(26)22-12-9-16-10-13-24(2)14-11-16/h16-17H,3-15H2,1-2H3,(H2,21,27)(H,22,26)(H,23,25)/t17-/m1/s1. The number of carbonyl (C=O) groups is 3. The van der Waals surface area contributed by atoms with Crippen LogP contribution in [-0.4, -0.2) is 55.3 Å². The molecule has 3 amide bonds. The molecule has 1 fully saturated rings. The van der Waals surface area contributed by atoms with Crippen molar-refractivity contribution in [2.45, 2.75) is 77.2 Å². The first kappa shape index (κ1) is 23.4. The van der Waals surface area contributed by atoms with Gasteiger partial charge in [0.05, 0.1) is 6.42 Å². The Morgan fingerprint density at radius 1 is 1.07 bits per heavy atom. The lowest BCUT2D eigenvalue weighted by Gasteiger charge is -2.28. The van der Waals surface area contributed by atoms with Crippen LogP contribution in [-0.2, 0) is 14.4 Å². The van der Waals surface area contributed by atoms with E-state index in [9.17, 15) is 14.4 Å². The fourth-order valence-electron chi connectivity index (χ4n) is 3.40. The summed E-state index contributed by atoms with van der Waals surface area (Å²) in [6.07, 6.45) is 8.77. The normalized spacial score (nSPS) is 16.7. The monoisotopic (exact) mass is 382 g/mol. The summed E-state index contributed by atoms with van der Waals surface area (Å²) in [6.45, 7) is 4.95. The minimum absolute atomic E-state index is 0.0929. The molecule has 0 saturated carbocycles. The van der Waals surface area contributed by atoms with Gasteiger partial charge in [-0.2, -0.15) is 0 Å². The second-order valence-corrected chi connectivity index (χ2v) is 7.78. The zero-order valence-corrected chi connectivity index (χ0v) is 17.1. The molecule has 27 heavy (non-hydrogen) atoms. The zero-order chi connectivity index (χ0) is 20.1. The first-order valence-corrected chi connectivity index (χ1v) is 10.5. The van der Waals surface area contributed by atoms with E-state index >= 15 is 0 Å². The van der Waals surface area contributed by atoms with E-state index in [2.05, 4.69) is 29.5 Å². The van der Waals surface area contributed by atoms with Crippen LogP contribution in [0.5, 0.6) is 0 Å². The van der Waals surface area contributed by atoms with Crippen LogP contribution in [0.15, 0.2) is 0 Å². The molecule has 0 aliphatic carbocycles. The van der Waals surface area contributed by atoms with E-state index in [1.165, 1.54) is 6.42 Å². The summed E-state index contributed by atoms with van der Waals surface area (Å²) in [5, 5.41) is 5.46. The molecule has 7 heteroatoms. The number of unbranched alkanes of at least 4 members (excludes halogenated alkanes) is 4. The van der Waals surface area contributed by atoms with E-state index in [-0.39, 0.29) is 18.2 Å². The van der Waals surface area contributed by atoms with Crippen LogP contribution >= 0.6 is 0 Å². The van der Waals surface area contributed by atoms with E-state index in [1.807, 2.05) is 0 Å². The maximum atomic E-state index is 12.1. The summed E-state index contributed by atoms with van der Waals surface area (Å²) in [6, 6.07) is -0.934. The van der Waals surface area contributed by atoms with Gasteiger partial charge in [0.15, 0.2) is 0 Å². The summed E-state index contributed by atoms with van der Waals surface area (Å²) in [5.74, 6) is -0.481. The molecule has 156 valence electrons. The number of hydrogen-bond donors (Lipinski definition) is 3. The number of hydrogen-bond acceptors (Lipinski definition) is 4. The minimum atomic E-state index is -0.934. The molecule has 7 nitrogen and oxygen atoms in total. The van der Waals surface area contributed by atoms with Gasteiger partial charge in [-0.3, -0.25) is 14.4 Å². The first-order valence-electron chi connectivity index (χ1n) is 10.5. The predicted molar refractivity (Wildman–Crippen MR) is 107 cm³/mol. The second-order valence-electron chi connectivity index (χ2n) is 7.78. The van der Waals surface area contributed by atoms with Crippen molar-refractivity contribution in [2.24, 2.45) is 11.7 Å². The van der Waals surface area contributed by atoms with Crippen molar-refractivity contribution in [1.82, 2.24) is 15.5 Å².